The first-order valence-electron chi connectivity index (χ1n) is 23.2. The number of rotatable bonds is 12. The van der Waals surface area contributed by atoms with Crippen molar-refractivity contribution in [3.63, 3.8) is 0 Å². The van der Waals surface area contributed by atoms with Gasteiger partial charge in [-0.2, -0.15) is 0 Å². The molecular formula is C58H80N8O8S4. The minimum atomic E-state index is -0.864. The highest BCUT2D eigenvalue weighted by Crippen LogP contribution is 2.31. The van der Waals surface area contributed by atoms with E-state index in [0.717, 1.165) is 56.5 Å². The number of hydrazine groups is 1. The van der Waals surface area contributed by atoms with E-state index in [1.165, 1.54) is 67.5 Å². The molecule has 0 aliphatic rings. The zero-order chi connectivity index (χ0) is 55.5. The van der Waals surface area contributed by atoms with Crippen molar-refractivity contribution in [2.45, 2.75) is 88.0 Å². The summed E-state index contributed by atoms with van der Waals surface area (Å²) in [6, 6.07) is 35.6. The van der Waals surface area contributed by atoms with Crippen LogP contribution in [0.2, 0.25) is 0 Å². The Hall–Kier alpha value is -7.07. The number of anilines is 2. The molecule has 6 aromatic carbocycles. The molecule has 0 saturated carbocycles. The monoisotopic (exact) mass is 1140 g/mol. The molecule has 0 fully saturated rings. The average Bonchev–Trinajstić information content (AvgIpc) is 4.13. The summed E-state index contributed by atoms with van der Waals surface area (Å²) in [7, 11) is 6.35. The van der Waals surface area contributed by atoms with E-state index in [4.69, 9.17) is 40.5 Å². The first kappa shape index (κ1) is 70.9. The van der Waals surface area contributed by atoms with Crippen molar-refractivity contribution in [2.24, 2.45) is 22.9 Å². The zero-order valence-corrected chi connectivity index (χ0v) is 47.3. The molecule has 78 heavy (non-hydrogen) atoms. The molecule has 424 valence electrons. The number of thiazole rings is 3. The van der Waals surface area contributed by atoms with E-state index >= 15 is 0 Å². The van der Waals surface area contributed by atoms with Crippen LogP contribution in [0, 0.1) is 38.5 Å². The van der Waals surface area contributed by atoms with Gasteiger partial charge in [-0.05, 0) is 146 Å². The van der Waals surface area contributed by atoms with Gasteiger partial charge in [0.15, 0.2) is 33.5 Å². The number of carbonyl (C=O) groups is 1. The lowest BCUT2D eigenvalue weighted by Crippen LogP contribution is -2.02. The third-order valence-corrected chi connectivity index (χ3v) is 13.3. The van der Waals surface area contributed by atoms with Crippen LogP contribution < -0.4 is 42.1 Å². The summed E-state index contributed by atoms with van der Waals surface area (Å²) in [5.41, 5.74) is 23.7. The quantitative estimate of drug-likeness (QED) is 0.0166. The molecule has 0 spiro atoms. The molecule has 20 heteroatoms. The molecule has 0 amide bonds. The number of fused-ring (bicyclic) bond motifs is 3. The molecule has 3 heterocycles. The standard InChI is InChI=1S/C17H17NO2S.C10H12O4.C8H8N2S.C8H7NS.C7H9NS.C5H11NO2.3CH4.H4N2/c1-11-4-6-13-16(8-11)21-17(18-13)10-12-5-7-14(19-2)15(9-12)20-3;1-13-8-4-3-7(6-10(11)12)5-9(8)14-2;1-5-2-3-6-7(4-5)11-8(9)10-6;1-6-2-3-7-8(4-6)10-5-9-7;1-5-2-3-6(8)7(9)4-5;1-5(2)3-4-8-6-7;;;;1-2/h4-9H,10H2,1-3H3;3-5H,6H2,1-2H3,(H,11,12);2-4H,1H3,(H2,9,10);2-5H,1H3;2-4,9H,8H2,1H3;5H,3-4H2,1-2H3;3*1H4;1-2H2. The Kier molecular flexibility index (Phi) is 34.2. The van der Waals surface area contributed by atoms with Gasteiger partial charge in [-0.3, -0.25) is 16.5 Å². The zero-order valence-electron chi connectivity index (χ0n) is 44.0. The maximum Gasteiger partial charge on any atom is 0.307 e. The number of aromatic nitrogens is 3. The number of ether oxygens (including phenoxy) is 4. The molecule has 16 nitrogen and oxygen atoms in total. The van der Waals surface area contributed by atoms with E-state index in [0.29, 0.717) is 34.7 Å². The molecule has 0 radical (unpaired) electrons. The van der Waals surface area contributed by atoms with Gasteiger partial charge in [-0.25, -0.2) is 15.0 Å². The largest absolute Gasteiger partial charge is 0.493 e. The number of thiol groups is 1. The van der Waals surface area contributed by atoms with Crippen molar-refractivity contribution in [3.8, 4) is 23.0 Å². The van der Waals surface area contributed by atoms with Crippen molar-refractivity contribution in [1.29, 1.82) is 0 Å². The van der Waals surface area contributed by atoms with Gasteiger partial charge in [0.1, 0.15) is 6.61 Å². The van der Waals surface area contributed by atoms with Crippen LogP contribution in [0.4, 0.5) is 10.8 Å². The molecule has 0 atom stereocenters. The Labute approximate surface area is 478 Å². The van der Waals surface area contributed by atoms with E-state index < -0.39 is 5.97 Å². The second kappa shape index (κ2) is 37.7. The third kappa shape index (κ3) is 24.5. The highest BCUT2D eigenvalue weighted by molar-refractivity contribution is 7.80. The van der Waals surface area contributed by atoms with E-state index in [2.05, 4.69) is 128 Å². The minimum absolute atomic E-state index is 0. The first-order chi connectivity index (χ1) is 35.9. The van der Waals surface area contributed by atoms with Gasteiger partial charge in [-0.15, -0.1) is 40.2 Å². The smallest absolute Gasteiger partial charge is 0.307 e. The molecule has 0 aliphatic heterocycles. The number of hydrogen-bond acceptors (Lipinski definition) is 19. The minimum Gasteiger partial charge on any atom is -0.493 e. The fraction of sp³-hybridized carbons (Fsp3) is 0.310. The topological polar surface area (TPSA) is 256 Å². The highest BCUT2D eigenvalue weighted by Gasteiger charge is 2.10. The molecule has 9 aromatic rings. The SMILES string of the molecule is C.C.C.CC(C)CCON=O.COc1ccc(CC(=O)O)cc1OC.COc1ccc(Cc2nc3ccc(C)cc3s2)cc1OC.Cc1ccc(N)c(S)c1.Cc1ccc2nc(N)sc2c1.Cc1ccc2ncsc2c1.NN. The number of nitrogens with two attached hydrogens (primary N) is 4. The number of carboxylic acid groups (broad SMARTS) is 1. The number of aryl methyl sites for hydroxylation is 4. The maximum absolute atomic E-state index is 10.5. The predicted molar refractivity (Wildman–Crippen MR) is 333 cm³/mol. The number of hydrogen-bond donors (Lipinski definition) is 6. The van der Waals surface area contributed by atoms with E-state index in [1.807, 2.05) is 54.9 Å². The highest BCUT2D eigenvalue weighted by atomic mass is 32.1. The third-order valence-electron chi connectivity index (χ3n) is 10.3. The van der Waals surface area contributed by atoms with E-state index in [9.17, 15) is 9.70 Å². The van der Waals surface area contributed by atoms with Crippen LogP contribution in [-0.2, 0) is 22.5 Å². The second-order valence-electron chi connectivity index (χ2n) is 16.7. The van der Waals surface area contributed by atoms with Gasteiger partial charge in [0.05, 0.1) is 76.0 Å². The molecular weight excluding hydrogens is 1060 g/mol. The van der Waals surface area contributed by atoms with Crippen LogP contribution in [0.3, 0.4) is 0 Å². The average molecular weight is 1150 g/mol. The fourth-order valence-corrected chi connectivity index (χ4v) is 9.46. The Morgan fingerprint density at radius 2 is 1.10 bits per heavy atom. The fourth-order valence-electron chi connectivity index (χ4n) is 6.48. The summed E-state index contributed by atoms with van der Waals surface area (Å²) in [6.45, 7) is 12.9. The van der Waals surface area contributed by atoms with Gasteiger partial charge in [0.2, 0.25) is 0 Å². The normalized spacial score (nSPS) is 9.62. The summed E-state index contributed by atoms with van der Waals surface area (Å²) < 4.78 is 24.4. The molecule has 3 aromatic heterocycles. The van der Waals surface area contributed by atoms with Crippen LogP contribution in [-0.4, -0.2) is 61.1 Å². The van der Waals surface area contributed by atoms with Gasteiger partial charge in [0.25, 0.3) is 0 Å². The van der Waals surface area contributed by atoms with Crippen molar-refractivity contribution in [3.05, 3.63) is 158 Å². The summed E-state index contributed by atoms with van der Waals surface area (Å²) >= 11 is 9.11. The van der Waals surface area contributed by atoms with Gasteiger partial charge >= 0.3 is 5.97 Å². The number of nitrogen functional groups attached to an aromatic ring is 2. The number of aliphatic carboxylic acids is 1. The van der Waals surface area contributed by atoms with Crippen LogP contribution in [0.1, 0.15) is 80.9 Å². The van der Waals surface area contributed by atoms with Gasteiger partial charge in [0, 0.05) is 17.0 Å². The molecule has 0 bridgehead atoms. The lowest BCUT2D eigenvalue weighted by Gasteiger charge is -2.08. The molecule has 9 rings (SSSR count). The van der Waals surface area contributed by atoms with Crippen molar-refractivity contribution in [1.82, 2.24) is 15.0 Å². The van der Waals surface area contributed by atoms with Crippen LogP contribution in [0.15, 0.2) is 125 Å². The summed E-state index contributed by atoms with van der Waals surface area (Å²) in [5, 5.41) is 12.6. The van der Waals surface area contributed by atoms with Crippen molar-refractivity contribution < 1.29 is 33.7 Å². The molecule has 9 N–H and O–H groups in total. The molecule has 0 unspecified atom stereocenters. The first-order valence-corrected chi connectivity index (χ1v) is 26.2. The molecule has 0 aliphatic carbocycles. The lowest BCUT2D eigenvalue weighted by molar-refractivity contribution is -0.136. The van der Waals surface area contributed by atoms with E-state index in [-0.39, 0.29) is 28.7 Å². The lowest BCUT2D eigenvalue weighted by atomic mass is 10.1. The van der Waals surface area contributed by atoms with Crippen molar-refractivity contribution >= 4 is 94.1 Å². The summed E-state index contributed by atoms with van der Waals surface area (Å²) in [4.78, 5) is 37.9. The summed E-state index contributed by atoms with van der Waals surface area (Å²) in [5.74, 6) is 10.4. The van der Waals surface area contributed by atoms with Gasteiger partial charge in [-0.1, -0.05) is 83.9 Å². The van der Waals surface area contributed by atoms with Crippen molar-refractivity contribution in [2.75, 3.05) is 46.5 Å². The number of methoxy groups -OCH3 is 4. The van der Waals surface area contributed by atoms with Crippen LogP contribution >= 0.6 is 46.6 Å². The Bertz CT molecular complexity index is 3160. The Morgan fingerprint density at radius 3 is 1.60 bits per heavy atom. The number of benzene rings is 6. The Balaban J connectivity index is 0.000000929. The number of carboxylic acids is 1. The van der Waals surface area contributed by atoms with Crippen LogP contribution in [0.25, 0.3) is 30.6 Å². The predicted octanol–water partition coefficient (Wildman–Crippen LogP) is 14.7. The van der Waals surface area contributed by atoms with Gasteiger partial charge < -0.3 is 40.4 Å². The maximum atomic E-state index is 10.5. The Morgan fingerprint density at radius 1 is 0.628 bits per heavy atom. The van der Waals surface area contributed by atoms with E-state index in [1.54, 1.807) is 55.1 Å². The second-order valence-corrected chi connectivity index (χ2v) is 20.2. The van der Waals surface area contributed by atoms with Crippen LogP contribution in [0.5, 0.6) is 23.0 Å². The number of nitrogens with zero attached hydrogens (tertiary/aromatic N) is 4. The summed E-state index contributed by atoms with van der Waals surface area (Å²) in [6.07, 6.45) is 1.69. The molecule has 0 saturated heterocycles.